The molecule has 0 aromatic rings. The second-order valence-corrected chi connectivity index (χ2v) is 0.105. The van der Waals surface area contributed by atoms with Gasteiger partial charge in [0.25, 0.3) is 6.47 Å². The van der Waals surface area contributed by atoms with Gasteiger partial charge in [-0.25, -0.2) is 0 Å². The van der Waals surface area contributed by atoms with Gasteiger partial charge in [0, 0.05) is 49.9 Å². The van der Waals surface area contributed by atoms with E-state index >= 15 is 0 Å². The Hall–Kier alpha value is 1.07. The predicted octanol–water partition coefficient (Wildman–Crippen LogP) is -0.299. The van der Waals surface area contributed by atoms with Crippen LogP contribution in [0.5, 0.6) is 0 Å². The molecule has 0 aliphatic carbocycles. The van der Waals surface area contributed by atoms with Crippen molar-refractivity contribution in [2.75, 3.05) is 0 Å². The molecule has 0 atom stereocenters. The molecular weight excluding hydrogens is 267 g/mol. The van der Waals surface area contributed by atoms with Gasteiger partial charge in [-0.1, -0.05) is 0 Å². The molecular formula is CH2FrO2. The Labute approximate surface area is 65.2 Å². The van der Waals surface area contributed by atoms with Crippen LogP contribution in [0.15, 0.2) is 0 Å². The molecule has 0 spiro atoms. The first-order valence-electron chi connectivity index (χ1n) is 0.494. The first-order chi connectivity index (χ1) is 1.41. The summed E-state index contributed by atoms with van der Waals surface area (Å²) >= 11 is 0. The van der Waals surface area contributed by atoms with Crippen molar-refractivity contribution in [2.24, 2.45) is 0 Å². The monoisotopic (exact) mass is 269 g/mol. The van der Waals surface area contributed by atoms with Crippen LogP contribution in [0.25, 0.3) is 0 Å². The second kappa shape index (κ2) is 8.95. The van der Waals surface area contributed by atoms with Crippen molar-refractivity contribution in [3.63, 3.8) is 0 Å². The minimum atomic E-state index is -0.250. The Morgan fingerprint density at radius 1 is 1.75 bits per heavy atom. The van der Waals surface area contributed by atoms with Crippen LogP contribution in [0, 0.1) is 49.9 Å². The van der Waals surface area contributed by atoms with E-state index in [1.54, 1.807) is 0 Å². The van der Waals surface area contributed by atoms with Crippen molar-refractivity contribution in [3.8, 4) is 0 Å². The van der Waals surface area contributed by atoms with Crippen LogP contribution in [0.2, 0.25) is 0 Å². The van der Waals surface area contributed by atoms with Crippen LogP contribution in [-0.2, 0) is 4.79 Å². The quantitative estimate of drug-likeness (QED) is 0.613. The Morgan fingerprint density at radius 3 is 1.75 bits per heavy atom. The van der Waals surface area contributed by atoms with Gasteiger partial charge in [-0.2, -0.15) is 0 Å². The standard InChI is InChI=1S/CH2O2.Fr/c2-1-3;/h1H,(H,2,3);. The Kier molecular flexibility index (Phi) is 19.9. The number of carbonyl (C=O) groups is 1. The van der Waals surface area contributed by atoms with E-state index in [-0.39, 0.29) is 56.3 Å². The molecule has 0 aromatic carbocycles. The van der Waals surface area contributed by atoms with Crippen LogP contribution < -0.4 is 0 Å². The molecule has 3 heteroatoms. The van der Waals surface area contributed by atoms with Gasteiger partial charge >= 0.3 is 0 Å². The molecule has 0 saturated carbocycles. The zero-order valence-electron chi connectivity index (χ0n) is 2.43. The van der Waals surface area contributed by atoms with E-state index in [0.29, 0.717) is 0 Å². The van der Waals surface area contributed by atoms with Crippen molar-refractivity contribution in [3.05, 3.63) is 0 Å². The molecule has 0 heterocycles. The summed E-state index contributed by atoms with van der Waals surface area (Å²) in [5.41, 5.74) is 0. The van der Waals surface area contributed by atoms with Gasteiger partial charge in [0.15, 0.2) is 0 Å². The summed E-state index contributed by atoms with van der Waals surface area (Å²) in [5, 5.41) is 6.89. The van der Waals surface area contributed by atoms with E-state index in [1.165, 1.54) is 0 Å². The molecule has 0 aliphatic heterocycles. The van der Waals surface area contributed by atoms with E-state index in [9.17, 15) is 0 Å². The molecule has 1 N–H and O–H groups in total. The van der Waals surface area contributed by atoms with Crippen LogP contribution in [0.3, 0.4) is 0 Å². The molecule has 0 rings (SSSR count). The van der Waals surface area contributed by atoms with Crippen molar-refractivity contribution in [1.82, 2.24) is 0 Å². The second-order valence-electron chi connectivity index (χ2n) is 0.105. The van der Waals surface area contributed by atoms with Gasteiger partial charge < -0.3 is 5.11 Å². The fourth-order valence-electron chi connectivity index (χ4n) is 0. The maximum Gasteiger partial charge on any atom is 0.290 e. The SMILES string of the molecule is O=CO.[Fr]. The number of hydrogen-bond donors (Lipinski definition) is 1. The van der Waals surface area contributed by atoms with Crippen molar-refractivity contribution >= 4 is 6.47 Å². The van der Waals surface area contributed by atoms with Crippen molar-refractivity contribution in [1.29, 1.82) is 0 Å². The van der Waals surface area contributed by atoms with Crippen LogP contribution in [0.4, 0.5) is 0 Å². The molecule has 0 aliphatic rings. The average molecular weight is 269 g/mol. The summed E-state index contributed by atoms with van der Waals surface area (Å²) in [7, 11) is 0. The third-order valence-corrected chi connectivity index (χ3v) is 0. The Bertz CT molecular complexity index is 13.5. The molecule has 0 unspecified atom stereocenters. The molecule has 0 aromatic heterocycles. The summed E-state index contributed by atoms with van der Waals surface area (Å²) in [4.78, 5) is 8.36. The molecule has 0 saturated heterocycles. The first-order valence-corrected chi connectivity index (χ1v) is 0.494. The summed E-state index contributed by atoms with van der Waals surface area (Å²) in [6.45, 7) is -0.250. The Balaban J connectivity index is 0. The molecule has 1 radical (unpaired) electrons. The first kappa shape index (κ1) is 8.91. The van der Waals surface area contributed by atoms with E-state index in [2.05, 4.69) is 0 Å². The molecule has 0 fully saturated rings. The van der Waals surface area contributed by atoms with Gasteiger partial charge in [-0.3, -0.25) is 4.79 Å². The molecule has 19 valence electrons. The van der Waals surface area contributed by atoms with Gasteiger partial charge in [0.1, 0.15) is 0 Å². The summed E-state index contributed by atoms with van der Waals surface area (Å²) in [6.07, 6.45) is 0. The number of rotatable bonds is 0. The fourth-order valence-corrected chi connectivity index (χ4v) is 0. The van der Waals surface area contributed by atoms with E-state index in [1.807, 2.05) is 0 Å². The Morgan fingerprint density at radius 2 is 1.75 bits per heavy atom. The largest absolute Gasteiger partial charge is 0.483 e. The van der Waals surface area contributed by atoms with Crippen LogP contribution in [-0.4, -0.2) is 11.6 Å². The molecule has 2 nitrogen and oxygen atoms in total. The van der Waals surface area contributed by atoms with Crippen LogP contribution >= 0.6 is 0 Å². The van der Waals surface area contributed by atoms with Crippen LogP contribution in [0.1, 0.15) is 0 Å². The van der Waals surface area contributed by atoms with Crippen molar-refractivity contribution in [2.45, 2.75) is 0 Å². The minimum absolute atomic E-state index is 0. The third kappa shape index (κ3) is 11.5. The molecule has 0 amide bonds. The maximum atomic E-state index is 8.36. The average Bonchev–Trinajstić information content (AvgIpc) is 0.918. The van der Waals surface area contributed by atoms with E-state index < -0.39 is 0 Å². The zero-order valence-corrected chi connectivity index (χ0v) is 10.7. The van der Waals surface area contributed by atoms with Gasteiger partial charge in [-0.05, 0) is 0 Å². The van der Waals surface area contributed by atoms with Gasteiger partial charge in [0.2, 0.25) is 0 Å². The van der Waals surface area contributed by atoms with E-state index in [4.69, 9.17) is 9.90 Å². The summed E-state index contributed by atoms with van der Waals surface area (Å²) < 4.78 is 0. The maximum absolute atomic E-state index is 8.36. The van der Waals surface area contributed by atoms with E-state index in [0.717, 1.165) is 0 Å². The zero-order chi connectivity index (χ0) is 2.71. The predicted molar refractivity (Wildman–Crippen MR) is 8.69 cm³/mol. The number of carboxylic acid groups (broad SMARTS) is 1. The summed E-state index contributed by atoms with van der Waals surface area (Å²) in [6, 6.07) is 0. The normalized spacial score (nSPS) is 3.00. The third-order valence-electron chi connectivity index (χ3n) is 0. The fraction of sp³-hybridized carbons (Fsp3) is 0. The van der Waals surface area contributed by atoms with Gasteiger partial charge in [-0.15, -0.1) is 0 Å². The topological polar surface area (TPSA) is 37.3 Å². The number of hydrogen-bond acceptors (Lipinski definition) is 1. The molecule has 0 bridgehead atoms. The summed E-state index contributed by atoms with van der Waals surface area (Å²) in [5.74, 6) is 0. The minimum Gasteiger partial charge on any atom is -0.483 e. The van der Waals surface area contributed by atoms with Crippen molar-refractivity contribution < 1.29 is 59.8 Å². The van der Waals surface area contributed by atoms with Gasteiger partial charge in [0.05, 0.1) is 0 Å². The molecule has 4 heavy (non-hydrogen) atoms. The smallest absolute Gasteiger partial charge is 0.290 e.